The smallest absolute Gasteiger partial charge is 0.330 e. The summed E-state index contributed by atoms with van der Waals surface area (Å²) < 4.78 is 21.5. The molecular formula is C58H52N2O6. The third kappa shape index (κ3) is 15.6. The van der Waals surface area contributed by atoms with Gasteiger partial charge in [0.15, 0.2) is 0 Å². The Morgan fingerprint density at radius 2 is 0.848 bits per heavy atom. The number of unbranched alkanes of at least 4 members (excludes halogenated alkanes) is 2. The summed E-state index contributed by atoms with van der Waals surface area (Å²) in [5, 5.41) is 0. The van der Waals surface area contributed by atoms with E-state index in [1.54, 1.807) is 0 Å². The predicted octanol–water partition coefficient (Wildman–Crippen LogP) is 12.0. The van der Waals surface area contributed by atoms with E-state index in [1.807, 2.05) is 109 Å². The van der Waals surface area contributed by atoms with Crippen molar-refractivity contribution in [3.05, 3.63) is 203 Å². The van der Waals surface area contributed by atoms with Gasteiger partial charge < -0.3 is 18.9 Å². The van der Waals surface area contributed by atoms with Crippen LogP contribution in [0.4, 0.5) is 11.4 Å². The van der Waals surface area contributed by atoms with Crippen molar-refractivity contribution in [2.75, 3.05) is 26.4 Å². The molecule has 0 aliphatic rings. The number of nitrogens with zero attached hydrogens (tertiary/aromatic N) is 2. The molecule has 6 aromatic carbocycles. The van der Waals surface area contributed by atoms with Crippen LogP contribution in [0.3, 0.4) is 0 Å². The monoisotopic (exact) mass is 872 g/mol. The molecule has 0 bridgehead atoms. The highest BCUT2D eigenvalue weighted by Crippen LogP contribution is 2.29. The van der Waals surface area contributed by atoms with E-state index >= 15 is 0 Å². The number of carbonyl (C=O) groups is 2. The molecule has 0 unspecified atom stereocenters. The molecule has 6 aromatic rings. The van der Waals surface area contributed by atoms with Gasteiger partial charge in [-0.15, -0.1) is 0 Å². The van der Waals surface area contributed by atoms with E-state index < -0.39 is 11.9 Å². The number of esters is 2. The molecule has 8 heteroatoms. The summed E-state index contributed by atoms with van der Waals surface area (Å²) in [6, 6.07) is 43.9. The van der Waals surface area contributed by atoms with Gasteiger partial charge in [0.2, 0.25) is 0 Å². The van der Waals surface area contributed by atoms with Gasteiger partial charge in [-0.1, -0.05) is 49.0 Å². The van der Waals surface area contributed by atoms with Gasteiger partial charge in [0.25, 0.3) is 0 Å². The number of hydrogen-bond acceptors (Lipinski definition) is 8. The molecule has 0 amide bonds. The van der Waals surface area contributed by atoms with E-state index in [1.165, 1.54) is 5.56 Å². The van der Waals surface area contributed by atoms with Crippen LogP contribution in [0.2, 0.25) is 0 Å². The molecule has 0 aliphatic heterocycles. The van der Waals surface area contributed by atoms with Crippen molar-refractivity contribution in [2.45, 2.75) is 39.5 Å². The van der Waals surface area contributed by atoms with Crippen LogP contribution in [0.15, 0.2) is 169 Å². The molecule has 0 spiro atoms. The number of rotatable bonds is 19. The first kappa shape index (κ1) is 47.3. The Labute approximate surface area is 388 Å². The van der Waals surface area contributed by atoms with Crippen LogP contribution < -0.4 is 9.47 Å². The Kier molecular flexibility index (Phi) is 18.0. The standard InChI is InChI=1S/C58H52N2O6/c1-5-56(61)65-37-9-7-35-63-54-31-21-48(22-32-54)41-59-52-27-17-46(18-28-52)12-11-45-15-25-51(26-16-45)58-43(3)39-50(40-44(58)4)14-13-47-19-29-53(30-20-47)60-42-49-23-33-55(34-24-49)64-36-8-10-38-66-57(62)6-2/h5-6,15-34,39-42H,1-2,7-10,35-38H2,3-4H3. The number of hydrogen-bond donors (Lipinski definition) is 0. The first-order chi connectivity index (χ1) is 32.2. The van der Waals surface area contributed by atoms with E-state index in [2.05, 4.69) is 97.1 Å². The third-order valence-electron chi connectivity index (χ3n) is 10.1. The second kappa shape index (κ2) is 25.2. The lowest BCUT2D eigenvalue weighted by Crippen LogP contribution is -2.04. The summed E-state index contributed by atoms with van der Waals surface area (Å²) in [6.45, 7) is 12.8. The highest BCUT2D eigenvalue weighted by atomic mass is 16.5. The topological polar surface area (TPSA) is 95.8 Å². The zero-order valence-corrected chi connectivity index (χ0v) is 37.4. The predicted molar refractivity (Wildman–Crippen MR) is 265 cm³/mol. The normalized spacial score (nSPS) is 10.6. The SMILES string of the molecule is C=CC(=O)OCCCCOc1ccc(C=Nc2ccc(C#Cc3ccc(-c4c(C)cc(C#Cc5ccc(N=Cc6ccc(OCCCCOC(=O)C=C)cc6)cc5)cc4C)cc3)cc2)cc1. The summed E-state index contributed by atoms with van der Waals surface area (Å²) >= 11 is 0. The quantitative estimate of drug-likeness (QED) is 0.0264. The van der Waals surface area contributed by atoms with Crippen LogP contribution in [-0.4, -0.2) is 50.8 Å². The van der Waals surface area contributed by atoms with Crippen LogP contribution in [0.5, 0.6) is 11.5 Å². The fourth-order valence-electron chi connectivity index (χ4n) is 6.61. The molecule has 0 radical (unpaired) electrons. The second-order valence-corrected chi connectivity index (χ2v) is 15.2. The molecular weight excluding hydrogens is 821 g/mol. The number of aryl methyl sites for hydroxylation is 2. The molecule has 0 saturated heterocycles. The minimum Gasteiger partial charge on any atom is -0.494 e. The van der Waals surface area contributed by atoms with Crippen molar-refractivity contribution in [3.63, 3.8) is 0 Å². The molecule has 6 rings (SSSR count). The van der Waals surface area contributed by atoms with Crippen LogP contribution in [0.1, 0.15) is 70.2 Å². The van der Waals surface area contributed by atoms with Crippen LogP contribution in [0, 0.1) is 37.5 Å². The fraction of sp³-hybridized carbons (Fsp3) is 0.172. The van der Waals surface area contributed by atoms with Gasteiger partial charge in [0, 0.05) is 46.8 Å². The van der Waals surface area contributed by atoms with Gasteiger partial charge in [-0.05, 0) is 194 Å². The molecule has 0 N–H and O–H groups in total. The summed E-state index contributed by atoms with van der Waals surface area (Å²) in [7, 11) is 0. The Hall–Kier alpha value is -8.20. The minimum atomic E-state index is -0.405. The van der Waals surface area contributed by atoms with Gasteiger partial charge in [-0.25, -0.2) is 9.59 Å². The number of ether oxygens (including phenoxy) is 4. The van der Waals surface area contributed by atoms with Gasteiger partial charge in [0.1, 0.15) is 11.5 Å². The molecule has 0 aliphatic carbocycles. The largest absolute Gasteiger partial charge is 0.494 e. The Bertz CT molecular complexity index is 2740. The first-order valence-corrected chi connectivity index (χ1v) is 21.8. The lowest BCUT2D eigenvalue weighted by Gasteiger charge is -2.11. The van der Waals surface area contributed by atoms with Crippen molar-refractivity contribution in [1.82, 2.24) is 0 Å². The zero-order valence-electron chi connectivity index (χ0n) is 37.4. The van der Waals surface area contributed by atoms with Crippen LogP contribution >= 0.6 is 0 Å². The summed E-state index contributed by atoms with van der Waals surface area (Å²) in [5.74, 6) is 14.0. The fourth-order valence-corrected chi connectivity index (χ4v) is 6.61. The highest BCUT2D eigenvalue weighted by molar-refractivity contribution is 5.83. The van der Waals surface area contributed by atoms with Crippen molar-refractivity contribution in [1.29, 1.82) is 0 Å². The van der Waals surface area contributed by atoms with Crippen LogP contribution in [0.25, 0.3) is 11.1 Å². The van der Waals surface area contributed by atoms with Crippen molar-refractivity contribution in [2.24, 2.45) is 9.98 Å². The van der Waals surface area contributed by atoms with E-state index in [9.17, 15) is 9.59 Å². The average Bonchev–Trinajstić information content (AvgIpc) is 3.34. The second-order valence-electron chi connectivity index (χ2n) is 15.2. The average molecular weight is 873 g/mol. The first-order valence-electron chi connectivity index (χ1n) is 21.8. The highest BCUT2D eigenvalue weighted by Gasteiger charge is 2.08. The Morgan fingerprint density at radius 1 is 0.485 bits per heavy atom. The van der Waals surface area contributed by atoms with Gasteiger partial charge in [-0.3, -0.25) is 9.98 Å². The van der Waals surface area contributed by atoms with Crippen molar-refractivity contribution < 1.29 is 28.5 Å². The van der Waals surface area contributed by atoms with Crippen molar-refractivity contribution in [3.8, 4) is 46.3 Å². The van der Waals surface area contributed by atoms with Crippen LogP contribution in [-0.2, 0) is 19.1 Å². The maximum absolute atomic E-state index is 11.1. The number of carbonyl (C=O) groups excluding carboxylic acids is 2. The molecule has 8 nitrogen and oxygen atoms in total. The maximum atomic E-state index is 11.1. The number of benzene rings is 6. The molecule has 0 fully saturated rings. The maximum Gasteiger partial charge on any atom is 0.330 e. The summed E-state index contributed by atoms with van der Waals surface area (Å²) in [6.07, 6.45) is 9.00. The van der Waals surface area contributed by atoms with Gasteiger partial charge in [0.05, 0.1) is 37.8 Å². The Morgan fingerprint density at radius 3 is 1.24 bits per heavy atom. The molecule has 0 saturated carbocycles. The molecule has 0 heterocycles. The van der Waals surface area contributed by atoms with E-state index in [4.69, 9.17) is 18.9 Å². The van der Waals surface area contributed by atoms with E-state index in [0.717, 1.165) is 111 Å². The van der Waals surface area contributed by atoms with E-state index in [-0.39, 0.29) is 0 Å². The lowest BCUT2D eigenvalue weighted by atomic mass is 9.93. The zero-order chi connectivity index (χ0) is 46.4. The van der Waals surface area contributed by atoms with Gasteiger partial charge >= 0.3 is 11.9 Å². The molecule has 66 heavy (non-hydrogen) atoms. The molecule has 330 valence electrons. The van der Waals surface area contributed by atoms with Crippen molar-refractivity contribution >= 4 is 35.7 Å². The summed E-state index contributed by atoms with van der Waals surface area (Å²) in [5.41, 5.74) is 12.0. The minimum absolute atomic E-state index is 0.360. The van der Waals surface area contributed by atoms with Gasteiger partial charge in [-0.2, -0.15) is 0 Å². The summed E-state index contributed by atoms with van der Waals surface area (Å²) in [4.78, 5) is 31.4. The number of aliphatic imine (C=N–C) groups is 2. The lowest BCUT2D eigenvalue weighted by molar-refractivity contribution is -0.138. The Balaban J connectivity index is 0.952. The van der Waals surface area contributed by atoms with E-state index in [0.29, 0.717) is 26.4 Å². The third-order valence-corrected chi connectivity index (χ3v) is 10.1. The molecule has 0 aromatic heterocycles. The molecule has 0 atom stereocenters.